The van der Waals surface area contributed by atoms with E-state index in [1.54, 1.807) is 4.90 Å². The summed E-state index contributed by atoms with van der Waals surface area (Å²) in [6, 6.07) is 20.9. The third kappa shape index (κ3) is 4.53. The van der Waals surface area contributed by atoms with Crippen LogP contribution in [0.15, 0.2) is 72.8 Å². The first kappa shape index (κ1) is 27.5. The molecule has 6 rings (SSSR count). The zero-order valence-corrected chi connectivity index (χ0v) is 23.2. The van der Waals surface area contributed by atoms with Crippen LogP contribution >= 0.6 is 0 Å². The molecule has 0 atom stereocenters. The van der Waals surface area contributed by atoms with E-state index in [2.05, 4.69) is 36.1 Å². The number of aromatic amines is 1. The summed E-state index contributed by atoms with van der Waals surface area (Å²) in [6.45, 7) is 0.215. The van der Waals surface area contributed by atoms with Crippen molar-refractivity contribution in [1.82, 2.24) is 14.8 Å². The van der Waals surface area contributed by atoms with E-state index in [1.807, 2.05) is 42.5 Å². The summed E-state index contributed by atoms with van der Waals surface area (Å²) in [5.41, 5.74) is 0.897. The van der Waals surface area contributed by atoms with Crippen LogP contribution in [0.5, 0.6) is 0 Å². The molecule has 2 heterocycles. The maximum absolute atomic E-state index is 15.1. The minimum Gasteiger partial charge on any atom is -0.356 e. The van der Waals surface area contributed by atoms with Crippen LogP contribution in [0.3, 0.4) is 0 Å². The van der Waals surface area contributed by atoms with Crippen LogP contribution in [0.1, 0.15) is 58.4 Å². The van der Waals surface area contributed by atoms with E-state index in [9.17, 15) is 18.0 Å². The molecule has 1 aliphatic heterocycles. The van der Waals surface area contributed by atoms with Crippen molar-refractivity contribution in [3.63, 3.8) is 0 Å². The van der Waals surface area contributed by atoms with Gasteiger partial charge in [-0.15, -0.1) is 0 Å². The van der Waals surface area contributed by atoms with Crippen LogP contribution in [0, 0.1) is 5.82 Å². The Morgan fingerprint density at radius 1 is 0.927 bits per heavy atom. The molecule has 1 spiro atoms. The standard InChI is InChI=1S/C33H33F4N3O/c1-39(2)31(21-22-9-4-3-5-10-22)16-18-32(19-17-31)29-24(23-11-6-7-14-27(23)38-29)15-20-40(32)30(41)28-25(33(35,36)37)12-8-13-26(28)34/h3-14,38H,15-21H2,1-2H3. The number of carbonyl (C=O) groups excluding carboxylic acids is 1. The molecule has 1 saturated carbocycles. The molecule has 0 unspecified atom stereocenters. The number of nitrogens with zero attached hydrogens (tertiary/aromatic N) is 2. The van der Waals surface area contributed by atoms with Crippen molar-refractivity contribution in [2.24, 2.45) is 0 Å². The van der Waals surface area contributed by atoms with E-state index >= 15 is 4.39 Å². The molecule has 1 amide bonds. The molecule has 0 saturated heterocycles. The van der Waals surface area contributed by atoms with Crippen LogP contribution in [-0.2, 0) is 24.6 Å². The first-order chi connectivity index (χ1) is 19.6. The molecule has 0 bridgehead atoms. The molecule has 4 nitrogen and oxygen atoms in total. The Morgan fingerprint density at radius 2 is 1.61 bits per heavy atom. The van der Waals surface area contributed by atoms with Gasteiger partial charge in [-0.1, -0.05) is 54.6 Å². The van der Waals surface area contributed by atoms with Gasteiger partial charge in [0.15, 0.2) is 0 Å². The van der Waals surface area contributed by atoms with Gasteiger partial charge < -0.3 is 14.8 Å². The Balaban J connectivity index is 1.46. The molecule has 2 aliphatic rings. The summed E-state index contributed by atoms with van der Waals surface area (Å²) < 4.78 is 57.2. The molecular weight excluding hydrogens is 530 g/mol. The lowest BCUT2D eigenvalue weighted by molar-refractivity contribution is -0.138. The molecule has 1 N–H and O–H groups in total. The van der Waals surface area contributed by atoms with Gasteiger partial charge in [-0.05, 0) is 81.9 Å². The van der Waals surface area contributed by atoms with Gasteiger partial charge in [-0.3, -0.25) is 4.79 Å². The number of para-hydroxylation sites is 1. The molecule has 3 aromatic carbocycles. The van der Waals surface area contributed by atoms with E-state index in [4.69, 9.17) is 0 Å². The Hall–Kier alpha value is -3.65. The Labute approximate surface area is 237 Å². The van der Waals surface area contributed by atoms with Gasteiger partial charge in [-0.25, -0.2) is 4.39 Å². The Morgan fingerprint density at radius 3 is 2.29 bits per heavy atom. The maximum Gasteiger partial charge on any atom is 0.417 e. The van der Waals surface area contributed by atoms with Crippen molar-refractivity contribution in [2.45, 2.75) is 55.8 Å². The highest BCUT2D eigenvalue weighted by Gasteiger charge is 2.53. The number of benzene rings is 3. The molecule has 41 heavy (non-hydrogen) atoms. The van der Waals surface area contributed by atoms with Gasteiger partial charge in [0.2, 0.25) is 0 Å². The number of fused-ring (bicyclic) bond motifs is 4. The van der Waals surface area contributed by atoms with E-state index in [0.29, 0.717) is 19.3 Å². The summed E-state index contributed by atoms with van der Waals surface area (Å²) in [5.74, 6) is -2.05. The van der Waals surface area contributed by atoms with Crippen LogP contribution < -0.4 is 0 Å². The number of amides is 1. The number of likely N-dealkylation sites (N-methyl/N-ethyl adjacent to an activating group) is 1. The van der Waals surface area contributed by atoms with Crippen molar-refractivity contribution in [2.75, 3.05) is 20.6 Å². The van der Waals surface area contributed by atoms with Crippen molar-refractivity contribution in [3.8, 4) is 0 Å². The minimum absolute atomic E-state index is 0.194. The second-order valence-electron chi connectivity index (χ2n) is 11.7. The van der Waals surface area contributed by atoms with Crippen molar-refractivity contribution in [1.29, 1.82) is 0 Å². The second-order valence-corrected chi connectivity index (χ2v) is 11.7. The van der Waals surface area contributed by atoms with Crippen molar-refractivity contribution in [3.05, 3.63) is 107 Å². The van der Waals surface area contributed by atoms with E-state index in [1.165, 1.54) is 5.56 Å². The van der Waals surface area contributed by atoms with Crippen molar-refractivity contribution >= 4 is 16.8 Å². The smallest absolute Gasteiger partial charge is 0.356 e. The third-order valence-electron chi connectivity index (χ3n) is 9.49. The van der Waals surface area contributed by atoms with Gasteiger partial charge in [0.25, 0.3) is 5.91 Å². The number of hydrogen-bond donors (Lipinski definition) is 1. The monoisotopic (exact) mass is 563 g/mol. The maximum atomic E-state index is 15.1. The molecule has 1 fully saturated rings. The molecule has 1 aromatic heterocycles. The Kier molecular flexibility index (Phi) is 6.72. The lowest BCUT2D eigenvalue weighted by atomic mass is 9.65. The highest BCUT2D eigenvalue weighted by atomic mass is 19.4. The fraction of sp³-hybridized carbons (Fsp3) is 0.364. The second kappa shape index (κ2) is 10.0. The summed E-state index contributed by atoms with van der Waals surface area (Å²) >= 11 is 0. The average molecular weight is 564 g/mol. The van der Waals surface area contributed by atoms with E-state index < -0.39 is 34.6 Å². The van der Waals surface area contributed by atoms with Crippen LogP contribution in [0.2, 0.25) is 0 Å². The van der Waals surface area contributed by atoms with E-state index in [0.717, 1.165) is 59.6 Å². The lowest BCUT2D eigenvalue weighted by Crippen LogP contribution is -2.60. The molecular formula is C33H33F4N3O. The fourth-order valence-electron chi connectivity index (χ4n) is 7.24. The van der Waals surface area contributed by atoms with Gasteiger partial charge in [0.1, 0.15) is 5.82 Å². The number of carbonyl (C=O) groups is 1. The summed E-state index contributed by atoms with van der Waals surface area (Å²) in [7, 11) is 4.13. The Bertz CT molecular complexity index is 1580. The quantitative estimate of drug-likeness (QED) is 0.264. The fourth-order valence-corrected chi connectivity index (χ4v) is 7.24. The summed E-state index contributed by atoms with van der Waals surface area (Å²) in [6.07, 6.45) is -1.04. The number of aromatic nitrogens is 1. The SMILES string of the molecule is CN(C)C1(Cc2ccccc2)CCC2(CC1)c1[nH]c3ccccc3c1CCN2C(=O)c1c(F)cccc1C(F)(F)F. The number of rotatable bonds is 4. The molecule has 4 aromatic rings. The largest absolute Gasteiger partial charge is 0.417 e. The predicted octanol–water partition coefficient (Wildman–Crippen LogP) is 7.34. The minimum atomic E-state index is -4.86. The first-order valence-corrected chi connectivity index (χ1v) is 14.0. The first-order valence-electron chi connectivity index (χ1n) is 14.0. The number of H-pyrrole nitrogens is 1. The topological polar surface area (TPSA) is 39.3 Å². The number of alkyl halides is 3. The van der Waals surface area contributed by atoms with Crippen LogP contribution in [0.25, 0.3) is 10.9 Å². The number of hydrogen-bond acceptors (Lipinski definition) is 2. The summed E-state index contributed by atoms with van der Waals surface area (Å²) in [5, 5.41) is 1.06. The van der Waals surface area contributed by atoms with Gasteiger partial charge in [0.05, 0.1) is 16.7 Å². The number of halogens is 4. The highest BCUT2D eigenvalue weighted by molar-refractivity contribution is 5.97. The van der Waals surface area contributed by atoms with Gasteiger partial charge in [0, 0.05) is 28.7 Å². The number of nitrogens with one attached hydrogen (secondary N) is 1. The highest BCUT2D eigenvalue weighted by Crippen LogP contribution is 2.52. The van der Waals surface area contributed by atoms with Gasteiger partial charge in [-0.2, -0.15) is 13.2 Å². The normalized spacial score (nSPS) is 22.9. The lowest BCUT2D eigenvalue weighted by Gasteiger charge is -2.55. The van der Waals surface area contributed by atoms with Crippen molar-refractivity contribution < 1.29 is 22.4 Å². The zero-order chi connectivity index (χ0) is 29.0. The third-order valence-corrected chi connectivity index (χ3v) is 9.49. The molecule has 1 aliphatic carbocycles. The zero-order valence-electron chi connectivity index (χ0n) is 23.2. The summed E-state index contributed by atoms with van der Waals surface area (Å²) in [4.78, 5) is 21.5. The predicted molar refractivity (Wildman–Crippen MR) is 151 cm³/mol. The van der Waals surface area contributed by atoms with E-state index in [-0.39, 0.29) is 12.1 Å². The van der Waals surface area contributed by atoms with Crippen LogP contribution in [0.4, 0.5) is 17.6 Å². The molecule has 8 heteroatoms. The molecule has 0 radical (unpaired) electrons. The average Bonchev–Trinajstić information content (AvgIpc) is 3.34. The van der Waals surface area contributed by atoms with Gasteiger partial charge >= 0.3 is 6.18 Å². The molecule has 214 valence electrons. The van der Waals surface area contributed by atoms with Crippen LogP contribution in [-0.4, -0.2) is 46.9 Å².